The van der Waals surface area contributed by atoms with Gasteiger partial charge >= 0.3 is 0 Å². The summed E-state index contributed by atoms with van der Waals surface area (Å²) in [6.07, 6.45) is 1.50. The van der Waals surface area contributed by atoms with Crippen LogP contribution in [0.25, 0.3) is 33.5 Å². The summed E-state index contributed by atoms with van der Waals surface area (Å²) in [7, 11) is 3.02. The van der Waals surface area contributed by atoms with Crippen molar-refractivity contribution in [1.82, 2.24) is 9.66 Å². The molecule has 9 nitrogen and oxygen atoms in total. The smallest absolute Gasteiger partial charge is 0.282 e. The maximum absolute atomic E-state index is 13.6. The number of para-hydroxylation sites is 1. The zero-order valence-corrected chi connectivity index (χ0v) is 23.8. The number of methoxy groups -OCH3 is 2. The first kappa shape index (κ1) is 27.6. The molecule has 212 valence electrons. The van der Waals surface area contributed by atoms with Gasteiger partial charge in [-0.05, 0) is 54.6 Å². The van der Waals surface area contributed by atoms with E-state index in [1.165, 1.54) is 25.1 Å². The van der Waals surface area contributed by atoms with Gasteiger partial charge in [0.25, 0.3) is 5.56 Å². The molecule has 0 bridgehead atoms. The van der Waals surface area contributed by atoms with Crippen molar-refractivity contribution < 1.29 is 18.6 Å². The molecule has 0 spiro atoms. The Bertz CT molecular complexity index is 2100. The van der Waals surface area contributed by atoms with Crippen LogP contribution in [0, 0.1) is 11.3 Å². The summed E-state index contributed by atoms with van der Waals surface area (Å²) >= 11 is 6.17. The number of aromatic nitrogens is 2. The zero-order chi connectivity index (χ0) is 29.9. The Balaban J connectivity index is 1.41. The van der Waals surface area contributed by atoms with Gasteiger partial charge in [0, 0.05) is 21.5 Å². The van der Waals surface area contributed by atoms with E-state index in [0.717, 1.165) is 10.9 Å². The van der Waals surface area contributed by atoms with E-state index in [4.69, 9.17) is 35.2 Å². The van der Waals surface area contributed by atoms with E-state index in [0.29, 0.717) is 55.6 Å². The first-order chi connectivity index (χ1) is 21.0. The molecule has 0 aliphatic heterocycles. The number of ether oxygens (including phenoxy) is 3. The zero-order valence-electron chi connectivity index (χ0n) is 23.1. The van der Waals surface area contributed by atoms with Gasteiger partial charge in [-0.3, -0.25) is 4.79 Å². The Morgan fingerprint density at radius 3 is 2.51 bits per heavy atom. The summed E-state index contributed by atoms with van der Waals surface area (Å²) in [5, 5.41) is 15.7. The molecule has 4 aromatic carbocycles. The highest BCUT2D eigenvalue weighted by Crippen LogP contribution is 2.39. The van der Waals surface area contributed by atoms with E-state index < -0.39 is 0 Å². The average molecular weight is 591 g/mol. The van der Waals surface area contributed by atoms with Crippen molar-refractivity contribution in [3.05, 3.63) is 117 Å². The molecule has 0 unspecified atom stereocenters. The highest BCUT2D eigenvalue weighted by atomic mass is 35.5. The Morgan fingerprint density at radius 2 is 1.74 bits per heavy atom. The van der Waals surface area contributed by atoms with Crippen LogP contribution in [0.3, 0.4) is 0 Å². The molecule has 0 amide bonds. The van der Waals surface area contributed by atoms with E-state index in [-0.39, 0.29) is 18.0 Å². The molecular formula is C33H23ClN4O5. The molecule has 0 saturated heterocycles. The average Bonchev–Trinajstić information content (AvgIpc) is 3.46. The van der Waals surface area contributed by atoms with Crippen LogP contribution in [0.1, 0.15) is 16.7 Å². The van der Waals surface area contributed by atoms with Crippen molar-refractivity contribution >= 4 is 39.7 Å². The summed E-state index contributed by atoms with van der Waals surface area (Å²) in [5.74, 6) is 1.71. The Hall–Kier alpha value is -5.59. The summed E-state index contributed by atoms with van der Waals surface area (Å²) in [5.41, 5.74) is 2.55. The highest BCUT2D eigenvalue weighted by Gasteiger charge is 2.18. The minimum Gasteiger partial charge on any atom is -0.493 e. The Kier molecular flexibility index (Phi) is 7.52. The standard InChI is InChI=1S/C33H23ClN4O5/c1-40-28-13-20(14-29(41-2)31(28)42-19-22-8-4-3-7-21(22)17-35)18-36-38-32(37-26-10-6-5-9-25(26)33(38)39)30-16-23-15-24(34)11-12-27(23)43-30/h3-16,18H,19H2,1-2H3. The van der Waals surface area contributed by atoms with Gasteiger partial charge in [0.1, 0.15) is 12.2 Å². The number of nitrogens with zero attached hydrogens (tertiary/aromatic N) is 4. The van der Waals surface area contributed by atoms with Gasteiger partial charge in [0.2, 0.25) is 11.6 Å². The van der Waals surface area contributed by atoms with Crippen molar-refractivity contribution in [2.24, 2.45) is 5.10 Å². The number of nitriles is 1. The number of rotatable bonds is 8. The molecule has 0 atom stereocenters. The fraction of sp³-hybridized carbons (Fsp3) is 0.0909. The first-order valence-corrected chi connectivity index (χ1v) is 13.5. The maximum Gasteiger partial charge on any atom is 0.282 e. The lowest BCUT2D eigenvalue weighted by Gasteiger charge is -2.16. The number of hydrogen-bond acceptors (Lipinski definition) is 8. The van der Waals surface area contributed by atoms with Crippen LogP contribution in [0.5, 0.6) is 17.2 Å². The fourth-order valence-corrected chi connectivity index (χ4v) is 4.84. The van der Waals surface area contributed by atoms with Gasteiger partial charge in [-0.1, -0.05) is 41.9 Å². The highest BCUT2D eigenvalue weighted by molar-refractivity contribution is 6.31. The Morgan fingerprint density at radius 1 is 1.00 bits per heavy atom. The lowest BCUT2D eigenvalue weighted by atomic mass is 10.1. The van der Waals surface area contributed by atoms with Gasteiger partial charge in [-0.25, -0.2) is 4.98 Å². The fourth-order valence-electron chi connectivity index (χ4n) is 4.66. The molecule has 6 rings (SSSR count). The van der Waals surface area contributed by atoms with Gasteiger partial charge in [-0.2, -0.15) is 15.0 Å². The van der Waals surface area contributed by atoms with Gasteiger partial charge in [0.05, 0.1) is 43.0 Å². The van der Waals surface area contributed by atoms with E-state index in [2.05, 4.69) is 11.2 Å². The molecule has 2 aromatic heterocycles. The maximum atomic E-state index is 13.6. The predicted molar refractivity (Wildman–Crippen MR) is 164 cm³/mol. The summed E-state index contributed by atoms with van der Waals surface area (Å²) in [6, 6.07) is 26.8. The topological polar surface area (TPSA) is 112 Å². The molecule has 0 radical (unpaired) electrons. The SMILES string of the molecule is COc1cc(C=Nn2c(-c3cc4cc(Cl)ccc4o3)nc3ccccc3c2=O)cc(OC)c1OCc1ccccc1C#N. The molecule has 0 aliphatic carbocycles. The van der Waals surface area contributed by atoms with Gasteiger partial charge in [0.15, 0.2) is 17.3 Å². The summed E-state index contributed by atoms with van der Waals surface area (Å²) in [6.45, 7) is 0.133. The molecule has 2 heterocycles. The number of benzene rings is 4. The van der Waals surface area contributed by atoms with Crippen LogP contribution >= 0.6 is 11.6 Å². The minimum absolute atomic E-state index is 0.133. The second kappa shape index (κ2) is 11.7. The number of furan rings is 1. The lowest BCUT2D eigenvalue weighted by molar-refractivity contribution is 0.265. The lowest BCUT2D eigenvalue weighted by Crippen LogP contribution is -2.20. The number of hydrogen-bond donors (Lipinski definition) is 0. The van der Waals surface area contributed by atoms with Crippen LogP contribution in [0.4, 0.5) is 0 Å². The van der Waals surface area contributed by atoms with E-state index >= 15 is 0 Å². The van der Waals surface area contributed by atoms with Crippen LogP contribution in [0.15, 0.2) is 99.2 Å². The third-order valence-corrected chi connectivity index (χ3v) is 7.00. The molecular weight excluding hydrogens is 568 g/mol. The van der Waals surface area contributed by atoms with Crippen molar-refractivity contribution in [3.63, 3.8) is 0 Å². The quantitative estimate of drug-likeness (QED) is 0.179. The second-order valence-electron chi connectivity index (χ2n) is 9.42. The number of halogens is 1. The third kappa shape index (κ3) is 5.39. The molecule has 43 heavy (non-hydrogen) atoms. The third-order valence-electron chi connectivity index (χ3n) is 6.77. The minimum atomic E-state index is -0.370. The van der Waals surface area contributed by atoms with Crippen molar-refractivity contribution in [2.45, 2.75) is 6.61 Å². The largest absolute Gasteiger partial charge is 0.493 e. The molecule has 0 saturated carbocycles. The van der Waals surface area contributed by atoms with Gasteiger partial charge in [-0.15, -0.1) is 0 Å². The first-order valence-electron chi connectivity index (χ1n) is 13.1. The number of fused-ring (bicyclic) bond motifs is 2. The Labute approximate surface area is 250 Å². The predicted octanol–water partition coefficient (Wildman–Crippen LogP) is 6.81. The molecule has 0 aliphatic rings. The van der Waals surface area contributed by atoms with Crippen LogP contribution in [-0.2, 0) is 6.61 Å². The monoisotopic (exact) mass is 590 g/mol. The molecule has 6 aromatic rings. The van der Waals surface area contributed by atoms with E-state index in [9.17, 15) is 10.1 Å². The summed E-state index contributed by atoms with van der Waals surface area (Å²) < 4.78 is 24.5. The molecule has 0 N–H and O–H groups in total. The van der Waals surface area contributed by atoms with Crippen molar-refractivity contribution in [2.75, 3.05) is 14.2 Å². The summed E-state index contributed by atoms with van der Waals surface area (Å²) in [4.78, 5) is 18.4. The van der Waals surface area contributed by atoms with Crippen LogP contribution in [0.2, 0.25) is 5.02 Å². The van der Waals surface area contributed by atoms with E-state index in [1.54, 1.807) is 66.7 Å². The van der Waals surface area contributed by atoms with Crippen LogP contribution < -0.4 is 19.8 Å². The van der Waals surface area contributed by atoms with Crippen molar-refractivity contribution in [3.8, 4) is 34.9 Å². The molecule has 10 heteroatoms. The molecule has 0 fully saturated rings. The van der Waals surface area contributed by atoms with E-state index in [1.807, 2.05) is 18.2 Å². The van der Waals surface area contributed by atoms with Crippen LogP contribution in [-0.4, -0.2) is 30.1 Å². The normalized spacial score (nSPS) is 11.2. The van der Waals surface area contributed by atoms with Crippen molar-refractivity contribution in [1.29, 1.82) is 5.26 Å². The van der Waals surface area contributed by atoms with Gasteiger partial charge < -0.3 is 18.6 Å². The second-order valence-corrected chi connectivity index (χ2v) is 9.86.